The van der Waals surface area contributed by atoms with Crippen molar-refractivity contribution in [3.05, 3.63) is 48.5 Å². The molecule has 0 saturated carbocycles. The second kappa shape index (κ2) is 11.4. The molecule has 0 bridgehead atoms. The summed E-state index contributed by atoms with van der Waals surface area (Å²) in [6.45, 7) is 2.26. The van der Waals surface area contributed by atoms with Gasteiger partial charge in [0.2, 0.25) is 5.91 Å². The number of nitrogens with zero attached hydrogens (tertiary/aromatic N) is 1. The summed E-state index contributed by atoms with van der Waals surface area (Å²) in [4.78, 5) is 12.9. The van der Waals surface area contributed by atoms with E-state index >= 15 is 0 Å². The zero-order chi connectivity index (χ0) is 18.2. The van der Waals surface area contributed by atoms with Crippen molar-refractivity contribution in [3.63, 3.8) is 0 Å². The van der Waals surface area contributed by atoms with Gasteiger partial charge in [0.1, 0.15) is 0 Å². The number of carbonyl (C=O) groups is 1. The van der Waals surface area contributed by atoms with Crippen LogP contribution in [0.15, 0.2) is 48.5 Å². The molecule has 0 spiro atoms. The molecule has 2 aromatic carbocycles. The van der Waals surface area contributed by atoms with E-state index in [0.717, 1.165) is 23.9 Å². The van der Waals surface area contributed by atoms with Crippen LogP contribution in [0.1, 0.15) is 75.9 Å². The molecular formula is C24H31NOZn. The minimum absolute atomic E-state index is 0. The summed E-state index contributed by atoms with van der Waals surface area (Å²) >= 11 is 0. The summed E-state index contributed by atoms with van der Waals surface area (Å²) in [6.07, 6.45) is 12.1. The predicted octanol–water partition coefficient (Wildman–Crippen LogP) is 7.35. The van der Waals surface area contributed by atoms with Crippen molar-refractivity contribution < 1.29 is 24.3 Å². The summed E-state index contributed by atoms with van der Waals surface area (Å²) in [5.74, 6) is 0.227. The second-order valence-corrected chi connectivity index (χ2v) is 7.34. The summed E-state index contributed by atoms with van der Waals surface area (Å²) in [7, 11) is 0. The van der Waals surface area contributed by atoms with Crippen LogP contribution in [0.5, 0.6) is 0 Å². The van der Waals surface area contributed by atoms with Crippen LogP contribution >= 0.6 is 0 Å². The number of aromatic nitrogens is 1. The number of hydrogen-bond acceptors (Lipinski definition) is 1. The molecule has 3 heteroatoms. The van der Waals surface area contributed by atoms with Crippen LogP contribution in [0, 0.1) is 0 Å². The maximum absolute atomic E-state index is 12.9. The number of rotatable bonds is 10. The maximum atomic E-state index is 12.9. The van der Waals surface area contributed by atoms with E-state index in [4.69, 9.17) is 0 Å². The van der Waals surface area contributed by atoms with Gasteiger partial charge in [-0.1, -0.05) is 94.7 Å². The Kier molecular flexibility index (Phi) is 9.21. The third-order valence-corrected chi connectivity index (χ3v) is 5.32. The molecule has 0 unspecified atom stereocenters. The smallest absolute Gasteiger partial charge is 0.231 e. The minimum Gasteiger partial charge on any atom is -0.280 e. The van der Waals surface area contributed by atoms with E-state index in [9.17, 15) is 4.79 Å². The fourth-order valence-corrected chi connectivity index (χ4v) is 3.89. The summed E-state index contributed by atoms with van der Waals surface area (Å²) in [5, 5.41) is 2.34. The first-order chi connectivity index (χ1) is 12.8. The third kappa shape index (κ3) is 5.51. The molecule has 0 aliphatic rings. The Balaban J connectivity index is 0.00000261. The van der Waals surface area contributed by atoms with Gasteiger partial charge in [-0.25, -0.2) is 0 Å². The van der Waals surface area contributed by atoms with Crippen LogP contribution in [0.3, 0.4) is 0 Å². The Labute approximate surface area is 176 Å². The minimum atomic E-state index is 0. The number of unbranched alkanes of at least 4 members (excludes halogenated alkanes) is 8. The molecule has 3 aromatic rings. The van der Waals surface area contributed by atoms with Gasteiger partial charge in [-0.15, -0.1) is 0 Å². The first kappa shape index (κ1) is 21.8. The Morgan fingerprint density at radius 3 is 1.67 bits per heavy atom. The van der Waals surface area contributed by atoms with E-state index < -0.39 is 0 Å². The first-order valence-electron chi connectivity index (χ1n) is 10.3. The van der Waals surface area contributed by atoms with Crippen molar-refractivity contribution in [2.45, 2.75) is 71.1 Å². The number of fused-ring (bicyclic) bond motifs is 3. The van der Waals surface area contributed by atoms with Crippen LogP contribution in [0.2, 0.25) is 0 Å². The molecule has 0 fully saturated rings. The number of hydrogen-bond donors (Lipinski definition) is 0. The van der Waals surface area contributed by atoms with Gasteiger partial charge in [0.05, 0.1) is 11.0 Å². The molecule has 140 valence electrons. The standard InChI is InChI=1S/C24H31NO.Zn/c1-2-3-4-5-6-7-8-9-10-19-24(26)25-22-17-13-11-15-20(22)21-16-12-14-18-23(21)25;/h11-18H,2-10,19H2,1H3;. The SMILES string of the molecule is CCCCCCCCCCCC(=O)n1c2ccccc2c2ccccc21.[Zn]. The molecule has 27 heavy (non-hydrogen) atoms. The summed E-state index contributed by atoms with van der Waals surface area (Å²) in [5.41, 5.74) is 2.07. The van der Waals surface area contributed by atoms with Gasteiger partial charge >= 0.3 is 0 Å². The Bertz CT molecular complexity index is 799. The van der Waals surface area contributed by atoms with Crippen molar-refractivity contribution >= 4 is 27.7 Å². The van der Waals surface area contributed by atoms with E-state index in [1.807, 2.05) is 28.8 Å². The van der Waals surface area contributed by atoms with E-state index in [2.05, 4.69) is 31.2 Å². The van der Waals surface area contributed by atoms with Crippen LogP contribution in [-0.2, 0) is 19.5 Å². The van der Waals surface area contributed by atoms with Crippen molar-refractivity contribution in [2.75, 3.05) is 0 Å². The normalized spacial score (nSPS) is 11.0. The van der Waals surface area contributed by atoms with Crippen LogP contribution in [0.25, 0.3) is 21.8 Å². The summed E-state index contributed by atoms with van der Waals surface area (Å²) < 4.78 is 1.93. The molecule has 3 rings (SSSR count). The van der Waals surface area contributed by atoms with Crippen LogP contribution in [-0.4, -0.2) is 10.5 Å². The topological polar surface area (TPSA) is 22.0 Å². The van der Waals surface area contributed by atoms with Gasteiger partial charge in [-0.2, -0.15) is 0 Å². The van der Waals surface area contributed by atoms with Gasteiger partial charge in [0.25, 0.3) is 0 Å². The molecular weight excluding hydrogens is 384 g/mol. The second-order valence-electron chi connectivity index (χ2n) is 7.34. The first-order valence-corrected chi connectivity index (χ1v) is 10.3. The Hall–Kier alpha value is -1.47. The predicted molar refractivity (Wildman–Crippen MR) is 112 cm³/mol. The van der Waals surface area contributed by atoms with Gasteiger partial charge in [-0.05, 0) is 18.6 Å². The fourth-order valence-electron chi connectivity index (χ4n) is 3.89. The zero-order valence-electron chi connectivity index (χ0n) is 16.8. The van der Waals surface area contributed by atoms with Crippen molar-refractivity contribution in [3.8, 4) is 0 Å². The van der Waals surface area contributed by atoms with E-state index in [1.54, 1.807) is 0 Å². The third-order valence-electron chi connectivity index (χ3n) is 5.32. The van der Waals surface area contributed by atoms with Gasteiger partial charge in [0, 0.05) is 36.7 Å². The van der Waals surface area contributed by atoms with E-state index in [1.165, 1.54) is 55.7 Å². The molecule has 0 atom stereocenters. The van der Waals surface area contributed by atoms with Crippen LogP contribution in [0.4, 0.5) is 0 Å². The molecule has 0 aliphatic heterocycles. The molecule has 1 aromatic heterocycles. The quantitative estimate of drug-likeness (QED) is 0.251. The number of carbonyl (C=O) groups excluding carboxylic acids is 1. The molecule has 0 radical (unpaired) electrons. The maximum Gasteiger partial charge on any atom is 0.231 e. The van der Waals surface area contributed by atoms with Crippen molar-refractivity contribution in [1.29, 1.82) is 0 Å². The molecule has 1 heterocycles. The van der Waals surface area contributed by atoms with Gasteiger partial charge < -0.3 is 0 Å². The van der Waals surface area contributed by atoms with Crippen molar-refractivity contribution in [2.24, 2.45) is 0 Å². The zero-order valence-corrected chi connectivity index (χ0v) is 19.7. The Morgan fingerprint density at radius 2 is 1.15 bits per heavy atom. The Morgan fingerprint density at radius 1 is 0.704 bits per heavy atom. The van der Waals surface area contributed by atoms with E-state index in [0.29, 0.717) is 6.42 Å². The molecule has 0 amide bonds. The molecule has 0 N–H and O–H groups in total. The average molecular weight is 415 g/mol. The van der Waals surface area contributed by atoms with Crippen molar-refractivity contribution in [1.82, 2.24) is 4.57 Å². The summed E-state index contributed by atoms with van der Waals surface area (Å²) in [6, 6.07) is 16.5. The number of benzene rings is 2. The monoisotopic (exact) mass is 413 g/mol. The van der Waals surface area contributed by atoms with Gasteiger partial charge in [0.15, 0.2) is 0 Å². The molecule has 0 aliphatic carbocycles. The van der Waals surface area contributed by atoms with Gasteiger partial charge in [-0.3, -0.25) is 9.36 Å². The molecule has 0 saturated heterocycles. The fraction of sp³-hybridized carbons (Fsp3) is 0.458. The van der Waals surface area contributed by atoms with Crippen LogP contribution < -0.4 is 0 Å². The number of para-hydroxylation sites is 2. The largest absolute Gasteiger partial charge is 0.280 e. The molecule has 2 nitrogen and oxygen atoms in total. The average Bonchev–Trinajstić information content (AvgIpc) is 3.01. The van der Waals surface area contributed by atoms with E-state index in [-0.39, 0.29) is 25.4 Å².